The van der Waals surface area contributed by atoms with Crippen LogP contribution < -0.4 is 5.43 Å². The molecule has 5 heteroatoms. The quantitative estimate of drug-likeness (QED) is 0.662. The smallest absolute Gasteiger partial charge is 0.271 e. The van der Waals surface area contributed by atoms with Crippen LogP contribution in [0.3, 0.4) is 0 Å². The highest BCUT2D eigenvalue weighted by Crippen LogP contribution is 2.19. The minimum absolute atomic E-state index is 0.250. The van der Waals surface area contributed by atoms with E-state index in [0.29, 0.717) is 5.56 Å². The third-order valence-corrected chi connectivity index (χ3v) is 2.90. The number of pyridine rings is 1. The third-order valence-electron chi connectivity index (χ3n) is 2.90. The van der Waals surface area contributed by atoms with Crippen molar-refractivity contribution in [2.24, 2.45) is 5.10 Å². The summed E-state index contributed by atoms with van der Waals surface area (Å²) in [7, 11) is 0. The van der Waals surface area contributed by atoms with Crippen LogP contribution in [0.25, 0.3) is 0 Å². The molecule has 0 bridgehead atoms. The minimum Gasteiger partial charge on any atom is -0.508 e. The summed E-state index contributed by atoms with van der Waals surface area (Å²) >= 11 is 0. The Labute approximate surface area is 117 Å². The normalized spacial score (nSPS) is 10.7. The summed E-state index contributed by atoms with van der Waals surface area (Å²) in [5, 5.41) is 13.5. The number of nitrogens with one attached hydrogen (secondary N) is 1. The minimum atomic E-state index is -0.295. The average Bonchev–Trinajstić information content (AvgIpc) is 2.45. The molecule has 20 heavy (non-hydrogen) atoms. The summed E-state index contributed by atoms with van der Waals surface area (Å²) in [4.78, 5) is 15.6. The van der Waals surface area contributed by atoms with E-state index < -0.39 is 0 Å². The zero-order valence-electron chi connectivity index (χ0n) is 11.3. The van der Waals surface area contributed by atoms with Gasteiger partial charge in [0.1, 0.15) is 5.75 Å². The second kappa shape index (κ2) is 5.97. The average molecular weight is 269 g/mol. The molecule has 0 saturated carbocycles. The van der Waals surface area contributed by atoms with Crippen molar-refractivity contribution in [3.8, 4) is 5.75 Å². The zero-order valence-corrected chi connectivity index (χ0v) is 11.3. The van der Waals surface area contributed by atoms with Crippen LogP contribution in [0.2, 0.25) is 0 Å². The van der Waals surface area contributed by atoms with E-state index in [9.17, 15) is 9.90 Å². The Hall–Kier alpha value is -2.69. The van der Waals surface area contributed by atoms with E-state index >= 15 is 0 Å². The Morgan fingerprint density at radius 3 is 2.65 bits per heavy atom. The van der Waals surface area contributed by atoms with Gasteiger partial charge in [-0.2, -0.15) is 5.10 Å². The van der Waals surface area contributed by atoms with Crippen molar-refractivity contribution >= 4 is 12.1 Å². The molecule has 1 heterocycles. The number of hydrazone groups is 1. The van der Waals surface area contributed by atoms with Gasteiger partial charge in [-0.15, -0.1) is 0 Å². The predicted octanol–water partition coefficient (Wildman–Crippen LogP) is 2.17. The van der Waals surface area contributed by atoms with Gasteiger partial charge in [0, 0.05) is 18.0 Å². The first kappa shape index (κ1) is 13.7. The topological polar surface area (TPSA) is 74.6 Å². The number of benzene rings is 1. The molecular weight excluding hydrogens is 254 g/mol. The lowest BCUT2D eigenvalue weighted by atomic mass is 10.1. The molecule has 1 aromatic carbocycles. The number of carbonyl (C=O) groups excluding carboxylic acids is 1. The first-order chi connectivity index (χ1) is 9.58. The van der Waals surface area contributed by atoms with Crippen LogP contribution in [0.15, 0.2) is 41.8 Å². The van der Waals surface area contributed by atoms with E-state index in [1.807, 2.05) is 19.9 Å². The number of hydrogen-bond acceptors (Lipinski definition) is 4. The van der Waals surface area contributed by atoms with Gasteiger partial charge in [-0.1, -0.05) is 0 Å². The van der Waals surface area contributed by atoms with Gasteiger partial charge < -0.3 is 5.11 Å². The molecule has 0 aliphatic rings. The van der Waals surface area contributed by atoms with Crippen LogP contribution in [0.1, 0.15) is 27.0 Å². The highest BCUT2D eigenvalue weighted by molar-refractivity contribution is 5.94. The zero-order chi connectivity index (χ0) is 14.5. The summed E-state index contributed by atoms with van der Waals surface area (Å²) in [6.45, 7) is 3.67. The number of amides is 1. The number of rotatable bonds is 3. The molecule has 5 nitrogen and oxygen atoms in total. The predicted molar refractivity (Wildman–Crippen MR) is 76.9 cm³/mol. The van der Waals surface area contributed by atoms with Crippen molar-refractivity contribution in [1.29, 1.82) is 0 Å². The van der Waals surface area contributed by atoms with Gasteiger partial charge in [0.15, 0.2) is 0 Å². The summed E-state index contributed by atoms with van der Waals surface area (Å²) in [5.74, 6) is -0.0442. The van der Waals surface area contributed by atoms with Gasteiger partial charge in [0.25, 0.3) is 5.91 Å². The van der Waals surface area contributed by atoms with Crippen LogP contribution in [0, 0.1) is 13.8 Å². The molecule has 0 unspecified atom stereocenters. The first-order valence-electron chi connectivity index (χ1n) is 6.11. The Morgan fingerprint density at radius 1 is 1.25 bits per heavy atom. The van der Waals surface area contributed by atoms with Crippen molar-refractivity contribution in [2.45, 2.75) is 13.8 Å². The lowest BCUT2D eigenvalue weighted by Gasteiger charge is -2.04. The van der Waals surface area contributed by atoms with Crippen LogP contribution in [0.4, 0.5) is 0 Å². The number of aromatic hydroxyl groups is 1. The molecule has 0 aliphatic heterocycles. The van der Waals surface area contributed by atoms with Crippen LogP contribution >= 0.6 is 0 Å². The number of aromatic nitrogens is 1. The van der Waals surface area contributed by atoms with Gasteiger partial charge in [0.2, 0.25) is 0 Å². The molecule has 1 amide bonds. The fourth-order valence-electron chi connectivity index (χ4n) is 1.69. The van der Waals surface area contributed by atoms with Gasteiger partial charge >= 0.3 is 0 Å². The molecule has 2 aromatic rings. The highest BCUT2D eigenvalue weighted by atomic mass is 16.3. The molecule has 0 saturated heterocycles. The lowest BCUT2D eigenvalue weighted by molar-refractivity contribution is 0.0955. The van der Waals surface area contributed by atoms with E-state index in [4.69, 9.17) is 0 Å². The number of phenols is 1. The maximum absolute atomic E-state index is 11.7. The fraction of sp³-hybridized carbons (Fsp3) is 0.133. The van der Waals surface area contributed by atoms with Gasteiger partial charge in [-0.25, -0.2) is 5.43 Å². The van der Waals surface area contributed by atoms with Gasteiger partial charge in [-0.3, -0.25) is 9.78 Å². The third kappa shape index (κ3) is 3.20. The molecule has 0 aliphatic carbocycles. The second-order valence-electron chi connectivity index (χ2n) is 4.43. The molecule has 0 fully saturated rings. The molecule has 2 rings (SSSR count). The highest BCUT2D eigenvalue weighted by Gasteiger charge is 2.03. The van der Waals surface area contributed by atoms with Gasteiger partial charge in [0.05, 0.1) is 6.21 Å². The van der Waals surface area contributed by atoms with Crippen LogP contribution in [-0.2, 0) is 0 Å². The maximum atomic E-state index is 11.7. The van der Waals surface area contributed by atoms with Crippen molar-refractivity contribution in [1.82, 2.24) is 10.4 Å². The number of nitrogens with zero attached hydrogens (tertiary/aromatic N) is 2. The Kier molecular flexibility index (Phi) is 4.10. The number of hydrogen-bond donors (Lipinski definition) is 2. The second-order valence-corrected chi connectivity index (χ2v) is 4.43. The van der Waals surface area contributed by atoms with Gasteiger partial charge in [-0.05, 0) is 54.8 Å². The summed E-state index contributed by atoms with van der Waals surface area (Å²) in [6, 6.07) is 6.70. The Morgan fingerprint density at radius 2 is 1.95 bits per heavy atom. The van der Waals surface area contributed by atoms with E-state index in [1.54, 1.807) is 36.8 Å². The molecule has 0 atom stereocenters. The molecular formula is C15H15N3O2. The molecule has 1 aromatic heterocycles. The lowest BCUT2D eigenvalue weighted by Crippen LogP contribution is -2.17. The van der Waals surface area contributed by atoms with Crippen molar-refractivity contribution in [3.05, 3.63) is 58.9 Å². The number of phenolic OH excluding ortho intramolecular Hbond substituents is 1. The molecule has 2 N–H and O–H groups in total. The standard InChI is InChI=1S/C15H15N3O2/c1-10-8-14(19)11(2)7-13(10)9-17-18-15(20)12-3-5-16-6-4-12/h3-9,19H,1-2H3,(H,18,20)/b17-9-. The Balaban J connectivity index is 2.08. The molecule has 102 valence electrons. The van der Waals surface area contributed by atoms with Crippen LogP contribution in [0.5, 0.6) is 5.75 Å². The maximum Gasteiger partial charge on any atom is 0.271 e. The Bertz CT molecular complexity index is 652. The fourth-order valence-corrected chi connectivity index (χ4v) is 1.69. The number of carbonyl (C=O) groups is 1. The van der Waals surface area contributed by atoms with E-state index in [2.05, 4.69) is 15.5 Å². The van der Waals surface area contributed by atoms with E-state index in [-0.39, 0.29) is 11.7 Å². The monoisotopic (exact) mass is 269 g/mol. The van der Waals surface area contributed by atoms with E-state index in [0.717, 1.165) is 16.7 Å². The largest absolute Gasteiger partial charge is 0.508 e. The molecule has 0 spiro atoms. The van der Waals surface area contributed by atoms with Crippen LogP contribution in [-0.4, -0.2) is 22.2 Å². The van der Waals surface area contributed by atoms with Crippen molar-refractivity contribution in [3.63, 3.8) is 0 Å². The van der Waals surface area contributed by atoms with Crippen molar-refractivity contribution < 1.29 is 9.90 Å². The summed E-state index contributed by atoms with van der Waals surface area (Å²) in [6.07, 6.45) is 4.65. The first-order valence-corrected chi connectivity index (χ1v) is 6.11. The van der Waals surface area contributed by atoms with Crippen molar-refractivity contribution in [2.75, 3.05) is 0 Å². The number of aryl methyl sites for hydroxylation is 2. The SMILES string of the molecule is Cc1cc(/C=N\NC(=O)c2ccncc2)c(C)cc1O. The summed E-state index contributed by atoms with van der Waals surface area (Å²) in [5.41, 5.74) is 5.43. The van der Waals surface area contributed by atoms with E-state index in [1.165, 1.54) is 0 Å². The molecule has 0 radical (unpaired) electrons. The summed E-state index contributed by atoms with van der Waals surface area (Å²) < 4.78 is 0.